The van der Waals surface area contributed by atoms with E-state index in [1.165, 1.54) is 6.07 Å². The number of carbonyl (C=O) groups is 1. The molecule has 1 fully saturated rings. The zero-order chi connectivity index (χ0) is 23.5. The van der Waals surface area contributed by atoms with Crippen LogP contribution in [-0.4, -0.2) is 48.7 Å². The van der Waals surface area contributed by atoms with E-state index < -0.39 is 0 Å². The number of ether oxygens (including phenoxy) is 2. The summed E-state index contributed by atoms with van der Waals surface area (Å²) in [4.78, 5) is 17.4. The Morgan fingerprint density at radius 3 is 2.61 bits per heavy atom. The molecule has 2 heterocycles. The Balaban J connectivity index is 1.55. The molecule has 2 aromatic rings. The highest BCUT2D eigenvalue weighted by atomic mass is 19.1. The van der Waals surface area contributed by atoms with Gasteiger partial charge in [-0.1, -0.05) is 45.9 Å². The van der Waals surface area contributed by atoms with Crippen LogP contribution in [0.25, 0.3) is 0 Å². The average molecular weight is 455 g/mol. The van der Waals surface area contributed by atoms with Gasteiger partial charge in [-0.25, -0.2) is 4.39 Å². The van der Waals surface area contributed by atoms with Crippen LogP contribution < -0.4 is 9.47 Å². The fourth-order valence-electron chi connectivity index (χ4n) is 5.03. The van der Waals surface area contributed by atoms with Gasteiger partial charge in [0.05, 0.1) is 0 Å². The van der Waals surface area contributed by atoms with Gasteiger partial charge in [-0.3, -0.25) is 9.69 Å². The van der Waals surface area contributed by atoms with Crippen LogP contribution in [0.4, 0.5) is 4.39 Å². The van der Waals surface area contributed by atoms with Crippen molar-refractivity contribution in [1.29, 1.82) is 0 Å². The number of benzene rings is 2. The third kappa shape index (κ3) is 5.67. The molecule has 33 heavy (non-hydrogen) atoms. The van der Waals surface area contributed by atoms with Gasteiger partial charge in [0.25, 0.3) is 0 Å². The Morgan fingerprint density at radius 1 is 1.09 bits per heavy atom. The van der Waals surface area contributed by atoms with Gasteiger partial charge in [-0.15, -0.1) is 0 Å². The van der Waals surface area contributed by atoms with E-state index in [4.69, 9.17) is 9.47 Å². The molecule has 5 nitrogen and oxygen atoms in total. The molecular weight excluding hydrogens is 419 g/mol. The van der Waals surface area contributed by atoms with Crippen LogP contribution in [0.1, 0.15) is 44.7 Å². The van der Waals surface area contributed by atoms with E-state index in [2.05, 4.69) is 24.8 Å². The van der Waals surface area contributed by atoms with Crippen molar-refractivity contribution in [3.05, 3.63) is 59.4 Å². The first-order valence-corrected chi connectivity index (χ1v) is 11.9. The number of fused-ring (bicyclic) bond motifs is 1. The maximum absolute atomic E-state index is 14.1. The molecule has 0 spiro atoms. The fourth-order valence-corrected chi connectivity index (χ4v) is 5.03. The van der Waals surface area contributed by atoms with Crippen molar-refractivity contribution < 1.29 is 18.7 Å². The average Bonchev–Trinajstić information content (AvgIpc) is 3.39. The molecule has 178 valence electrons. The second-order valence-corrected chi connectivity index (χ2v) is 10.1. The first-order valence-electron chi connectivity index (χ1n) is 11.9. The molecule has 0 saturated carbocycles. The van der Waals surface area contributed by atoms with Crippen LogP contribution >= 0.6 is 0 Å². The minimum absolute atomic E-state index is 0.0393. The molecule has 2 aliphatic rings. The lowest BCUT2D eigenvalue weighted by atomic mass is 9.88. The summed E-state index contributed by atoms with van der Waals surface area (Å²) in [7, 11) is 0. The predicted molar refractivity (Wildman–Crippen MR) is 127 cm³/mol. The topological polar surface area (TPSA) is 42.0 Å². The predicted octanol–water partition coefficient (Wildman–Crippen LogP) is 4.91. The number of likely N-dealkylation sites (tertiary alicyclic amines) is 1. The molecule has 2 aromatic carbocycles. The third-order valence-electron chi connectivity index (χ3n) is 6.48. The van der Waals surface area contributed by atoms with Crippen LogP contribution in [0.3, 0.4) is 0 Å². The number of hydrogen-bond acceptors (Lipinski definition) is 4. The van der Waals surface area contributed by atoms with E-state index in [0.29, 0.717) is 12.5 Å². The molecule has 0 aromatic heterocycles. The van der Waals surface area contributed by atoms with E-state index in [1.54, 1.807) is 12.1 Å². The molecule has 4 rings (SSSR count). The van der Waals surface area contributed by atoms with Crippen LogP contribution in [-0.2, 0) is 11.3 Å². The van der Waals surface area contributed by atoms with E-state index in [0.717, 1.165) is 48.8 Å². The van der Waals surface area contributed by atoms with Crippen LogP contribution in [0.15, 0.2) is 42.5 Å². The summed E-state index contributed by atoms with van der Waals surface area (Å²) in [5.74, 6) is 2.32. The summed E-state index contributed by atoms with van der Waals surface area (Å²) in [6, 6.07) is 13.0. The number of nitrogens with zero attached hydrogens (tertiary/aromatic N) is 2. The third-order valence-corrected chi connectivity index (χ3v) is 6.48. The summed E-state index contributed by atoms with van der Waals surface area (Å²) in [6.07, 6.45) is 0. The Kier molecular flexibility index (Phi) is 7.23. The van der Waals surface area contributed by atoms with E-state index in [1.807, 2.05) is 36.9 Å². The van der Waals surface area contributed by atoms with Gasteiger partial charge in [-0.05, 0) is 47.2 Å². The number of hydrogen-bond donors (Lipinski definition) is 0. The number of amides is 1. The molecule has 1 saturated heterocycles. The zero-order valence-corrected chi connectivity index (χ0v) is 20.1. The Bertz CT molecular complexity index is 978. The minimum atomic E-state index is -0.210. The van der Waals surface area contributed by atoms with Gasteiger partial charge in [0.1, 0.15) is 5.82 Å². The van der Waals surface area contributed by atoms with Crippen molar-refractivity contribution >= 4 is 5.91 Å². The summed E-state index contributed by atoms with van der Waals surface area (Å²) in [5.41, 5.74) is 2.17. The molecule has 0 unspecified atom stereocenters. The largest absolute Gasteiger partial charge is 0.454 e. The lowest BCUT2D eigenvalue weighted by Crippen LogP contribution is -2.41. The highest BCUT2D eigenvalue weighted by Crippen LogP contribution is 2.37. The van der Waals surface area contributed by atoms with Crippen molar-refractivity contribution in [1.82, 2.24) is 9.80 Å². The molecule has 1 amide bonds. The molecule has 6 heteroatoms. The van der Waals surface area contributed by atoms with Crippen molar-refractivity contribution in [3.8, 4) is 11.5 Å². The number of carbonyl (C=O) groups excluding carboxylic acids is 1. The second-order valence-electron chi connectivity index (χ2n) is 10.1. The van der Waals surface area contributed by atoms with Crippen molar-refractivity contribution in [3.63, 3.8) is 0 Å². The first-order chi connectivity index (χ1) is 15.8. The summed E-state index contributed by atoms with van der Waals surface area (Å²) < 4.78 is 25.1. The summed E-state index contributed by atoms with van der Waals surface area (Å²) in [5, 5.41) is 0. The van der Waals surface area contributed by atoms with Gasteiger partial charge in [0, 0.05) is 44.6 Å². The van der Waals surface area contributed by atoms with Crippen molar-refractivity contribution in [2.45, 2.75) is 40.2 Å². The molecule has 2 aliphatic heterocycles. The molecule has 0 N–H and O–H groups in total. The van der Waals surface area contributed by atoms with Gasteiger partial charge >= 0.3 is 0 Å². The second kappa shape index (κ2) is 10.1. The zero-order valence-electron chi connectivity index (χ0n) is 20.1. The molecule has 0 radical (unpaired) electrons. The van der Waals surface area contributed by atoms with Gasteiger partial charge in [-0.2, -0.15) is 0 Å². The fraction of sp³-hybridized carbons (Fsp3) is 0.519. The monoisotopic (exact) mass is 454 g/mol. The van der Waals surface area contributed by atoms with Crippen molar-refractivity contribution in [2.24, 2.45) is 17.8 Å². The Hall–Kier alpha value is -2.60. The van der Waals surface area contributed by atoms with E-state index in [-0.39, 0.29) is 36.3 Å². The Morgan fingerprint density at radius 2 is 1.88 bits per heavy atom. The molecule has 0 aliphatic carbocycles. The summed E-state index contributed by atoms with van der Waals surface area (Å²) in [6.45, 7) is 12.4. The van der Waals surface area contributed by atoms with Crippen LogP contribution in [0, 0.1) is 23.6 Å². The van der Waals surface area contributed by atoms with Gasteiger partial charge < -0.3 is 14.4 Å². The molecule has 2 atom stereocenters. The van der Waals surface area contributed by atoms with Gasteiger partial charge in [0.2, 0.25) is 12.7 Å². The standard InChI is InChI=1S/C27H35FN2O3/c1-18(2)12-30(27(31)19(3)4)15-22-14-29(16-24(22)21-6-5-7-23(28)11-21)13-20-8-9-25-26(10-20)33-17-32-25/h5-11,18-19,22,24H,12-17H2,1-4H3/t22-,24-/m0/s1. The Labute approximate surface area is 196 Å². The molecular formula is C27H35FN2O3. The normalized spacial score (nSPS) is 20.1. The summed E-state index contributed by atoms with van der Waals surface area (Å²) >= 11 is 0. The SMILES string of the molecule is CC(C)CN(C[C@@H]1CN(Cc2ccc3c(c2)OCO3)C[C@H]1c1cccc(F)c1)C(=O)C(C)C. The first kappa shape index (κ1) is 23.6. The van der Waals surface area contributed by atoms with E-state index in [9.17, 15) is 9.18 Å². The number of rotatable bonds is 8. The van der Waals surface area contributed by atoms with Crippen LogP contribution in [0.2, 0.25) is 0 Å². The van der Waals surface area contributed by atoms with Gasteiger partial charge in [0.15, 0.2) is 11.5 Å². The highest BCUT2D eigenvalue weighted by molar-refractivity contribution is 5.78. The lowest BCUT2D eigenvalue weighted by Gasteiger charge is -2.31. The van der Waals surface area contributed by atoms with E-state index >= 15 is 0 Å². The lowest BCUT2D eigenvalue weighted by molar-refractivity contribution is -0.135. The smallest absolute Gasteiger partial charge is 0.231 e. The maximum Gasteiger partial charge on any atom is 0.231 e. The minimum Gasteiger partial charge on any atom is -0.454 e. The van der Waals surface area contributed by atoms with Crippen LogP contribution in [0.5, 0.6) is 11.5 Å². The van der Waals surface area contributed by atoms with Crippen molar-refractivity contribution in [2.75, 3.05) is 33.0 Å². The maximum atomic E-state index is 14.1. The molecule has 0 bridgehead atoms. The number of halogens is 1. The highest BCUT2D eigenvalue weighted by Gasteiger charge is 2.36. The quantitative estimate of drug-likeness (QED) is 0.568.